The summed E-state index contributed by atoms with van der Waals surface area (Å²) in [5.41, 5.74) is 7.64. The fraction of sp³-hybridized carbons (Fsp3) is 0.273. The van der Waals surface area contributed by atoms with E-state index in [4.69, 9.17) is 5.73 Å². The number of aromatic nitrogens is 3. The lowest BCUT2D eigenvalue weighted by Crippen LogP contribution is -1.88. The van der Waals surface area contributed by atoms with Crippen LogP contribution in [0.1, 0.15) is 18.3 Å². The molecule has 2 aromatic rings. The summed E-state index contributed by atoms with van der Waals surface area (Å²) in [4.78, 5) is 4.35. The van der Waals surface area contributed by atoms with Crippen LogP contribution in [0.15, 0.2) is 27.8 Å². The fourth-order valence-electron chi connectivity index (χ4n) is 1.32. The number of aryl methyl sites for hydroxylation is 1. The predicted octanol–water partition coefficient (Wildman–Crippen LogP) is 3.00. The Labute approximate surface area is 113 Å². The number of nitrogens with zero attached hydrogens (tertiary/aromatic N) is 2. The third kappa shape index (κ3) is 3.23. The number of aromatic amines is 1. The van der Waals surface area contributed by atoms with Crippen LogP contribution in [0.5, 0.6) is 0 Å². The van der Waals surface area contributed by atoms with Crippen molar-refractivity contribution in [2.24, 2.45) is 0 Å². The molecule has 0 amide bonds. The second-order valence-corrected chi connectivity index (χ2v) is 5.35. The topological polar surface area (TPSA) is 67.6 Å². The van der Waals surface area contributed by atoms with Crippen LogP contribution in [-0.4, -0.2) is 15.2 Å². The van der Waals surface area contributed by atoms with Crippen LogP contribution >= 0.6 is 27.7 Å². The number of halogens is 1. The van der Waals surface area contributed by atoms with Gasteiger partial charge in [-0.25, -0.2) is 4.98 Å². The molecule has 0 radical (unpaired) electrons. The van der Waals surface area contributed by atoms with E-state index in [1.54, 1.807) is 11.8 Å². The highest BCUT2D eigenvalue weighted by atomic mass is 79.9. The summed E-state index contributed by atoms with van der Waals surface area (Å²) in [6.07, 6.45) is 0.874. The molecule has 0 aliphatic carbocycles. The third-order valence-electron chi connectivity index (χ3n) is 2.28. The number of nitrogen functional groups attached to an aromatic ring is 1. The molecule has 1 heterocycles. The average Bonchev–Trinajstić information content (AvgIpc) is 2.76. The van der Waals surface area contributed by atoms with E-state index in [2.05, 4.69) is 31.1 Å². The van der Waals surface area contributed by atoms with E-state index in [9.17, 15) is 0 Å². The van der Waals surface area contributed by atoms with E-state index < -0.39 is 0 Å². The summed E-state index contributed by atoms with van der Waals surface area (Å²) in [7, 11) is 0. The Morgan fingerprint density at radius 3 is 2.94 bits per heavy atom. The van der Waals surface area contributed by atoms with Gasteiger partial charge in [0.15, 0.2) is 0 Å². The van der Waals surface area contributed by atoms with Crippen LogP contribution < -0.4 is 5.73 Å². The maximum Gasteiger partial charge on any atom is 0.208 e. The van der Waals surface area contributed by atoms with Gasteiger partial charge in [0.25, 0.3) is 0 Å². The van der Waals surface area contributed by atoms with Gasteiger partial charge in [0.05, 0.1) is 0 Å². The maximum absolute atomic E-state index is 5.69. The van der Waals surface area contributed by atoms with E-state index in [0.717, 1.165) is 33.3 Å². The number of thioether (sulfide) groups is 1. The molecule has 6 heteroatoms. The summed E-state index contributed by atoms with van der Waals surface area (Å²) < 4.78 is 1.02. The number of H-pyrrole nitrogens is 1. The number of anilines is 1. The number of rotatable bonds is 4. The number of hydrogen-bond acceptors (Lipinski definition) is 4. The van der Waals surface area contributed by atoms with Crippen molar-refractivity contribution in [1.29, 1.82) is 0 Å². The lowest BCUT2D eigenvalue weighted by Gasteiger charge is -2.03. The van der Waals surface area contributed by atoms with Gasteiger partial charge in [-0.1, -0.05) is 40.7 Å². The van der Waals surface area contributed by atoms with Gasteiger partial charge in [-0.3, -0.25) is 5.10 Å². The molecular formula is C11H13BrN4S. The van der Waals surface area contributed by atoms with Crippen LogP contribution in [0, 0.1) is 0 Å². The normalized spacial score (nSPS) is 10.7. The van der Waals surface area contributed by atoms with Gasteiger partial charge < -0.3 is 5.73 Å². The SMILES string of the molecule is CCc1nc(SCc2ccc(N)cc2Br)n[nH]1. The number of benzene rings is 1. The molecule has 17 heavy (non-hydrogen) atoms. The van der Waals surface area contributed by atoms with E-state index in [1.807, 2.05) is 25.1 Å². The van der Waals surface area contributed by atoms with Crippen molar-refractivity contribution in [3.05, 3.63) is 34.1 Å². The Bertz CT molecular complexity index is 512. The van der Waals surface area contributed by atoms with Gasteiger partial charge in [-0.15, -0.1) is 5.10 Å². The average molecular weight is 313 g/mol. The van der Waals surface area contributed by atoms with Gasteiger partial charge in [-0.05, 0) is 17.7 Å². The van der Waals surface area contributed by atoms with Crippen LogP contribution in [0.3, 0.4) is 0 Å². The maximum atomic E-state index is 5.69. The van der Waals surface area contributed by atoms with Crippen molar-refractivity contribution >= 4 is 33.4 Å². The second-order valence-electron chi connectivity index (χ2n) is 3.56. The Kier molecular flexibility index (Phi) is 4.06. The Morgan fingerprint density at radius 2 is 2.29 bits per heavy atom. The molecule has 0 fully saturated rings. The Hall–Kier alpha value is -1.01. The van der Waals surface area contributed by atoms with Gasteiger partial charge in [0.1, 0.15) is 5.82 Å². The molecule has 0 aliphatic heterocycles. The lowest BCUT2D eigenvalue weighted by molar-refractivity contribution is 0.941. The van der Waals surface area contributed by atoms with E-state index in [1.165, 1.54) is 5.56 Å². The molecule has 0 unspecified atom stereocenters. The van der Waals surface area contributed by atoms with Crippen molar-refractivity contribution in [3.63, 3.8) is 0 Å². The van der Waals surface area contributed by atoms with Gasteiger partial charge in [-0.2, -0.15) is 0 Å². The van der Waals surface area contributed by atoms with Crippen molar-refractivity contribution in [1.82, 2.24) is 15.2 Å². The monoisotopic (exact) mass is 312 g/mol. The molecule has 2 rings (SSSR count). The largest absolute Gasteiger partial charge is 0.399 e. The van der Waals surface area contributed by atoms with Gasteiger partial charge in [0.2, 0.25) is 5.16 Å². The van der Waals surface area contributed by atoms with Crippen LogP contribution in [0.4, 0.5) is 5.69 Å². The standard InChI is InChI=1S/C11H13BrN4S/c1-2-10-14-11(16-15-10)17-6-7-3-4-8(13)5-9(7)12/h3-5H,2,6,13H2,1H3,(H,14,15,16). The smallest absolute Gasteiger partial charge is 0.208 e. The molecular weight excluding hydrogens is 300 g/mol. The first-order valence-electron chi connectivity index (χ1n) is 5.27. The zero-order chi connectivity index (χ0) is 12.3. The van der Waals surface area contributed by atoms with Crippen molar-refractivity contribution in [3.8, 4) is 0 Å². The lowest BCUT2D eigenvalue weighted by atomic mass is 10.2. The van der Waals surface area contributed by atoms with Crippen molar-refractivity contribution in [2.45, 2.75) is 24.3 Å². The Morgan fingerprint density at radius 1 is 1.47 bits per heavy atom. The molecule has 0 atom stereocenters. The summed E-state index contributed by atoms with van der Waals surface area (Å²) >= 11 is 5.10. The number of nitrogens with one attached hydrogen (secondary N) is 1. The second kappa shape index (κ2) is 5.55. The van der Waals surface area contributed by atoms with Crippen molar-refractivity contribution < 1.29 is 0 Å². The minimum Gasteiger partial charge on any atom is -0.399 e. The van der Waals surface area contributed by atoms with Crippen LogP contribution in [-0.2, 0) is 12.2 Å². The first-order valence-corrected chi connectivity index (χ1v) is 7.05. The van der Waals surface area contributed by atoms with Gasteiger partial charge >= 0.3 is 0 Å². The zero-order valence-electron chi connectivity index (χ0n) is 9.40. The quantitative estimate of drug-likeness (QED) is 0.672. The summed E-state index contributed by atoms with van der Waals surface area (Å²) in [5.74, 6) is 1.74. The van der Waals surface area contributed by atoms with Gasteiger partial charge in [0, 0.05) is 22.3 Å². The highest BCUT2D eigenvalue weighted by Gasteiger charge is 2.05. The predicted molar refractivity (Wildman–Crippen MR) is 73.9 cm³/mol. The molecule has 1 aromatic heterocycles. The summed E-state index contributed by atoms with van der Waals surface area (Å²) in [5, 5.41) is 7.82. The minimum absolute atomic E-state index is 0.761. The van der Waals surface area contributed by atoms with Crippen LogP contribution in [0.2, 0.25) is 0 Å². The summed E-state index contributed by atoms with van der Waals surface area (Å²) in [6, 6.07) is 5.82. The summed E-state index contributed by atoms with van der Waals surface area (Å²) in [6.45, 7) is 2.05. The first kappa shape index (κ1) is 12.4. The molecule has 3 N–H and O–H groups in total. The molecule has 0 aliphatic rings. The Balaban J connectivity index is 2.02. The highest BCUT2D eigenvalue weighted by Crippen LogP contribution is 2.26. The minimum atomic E-state index is 0.761. The fourth-order valence-corrected chi connectivity index (χ4v) is 2.87. The molecule has 0 saturated carbocycles. The molecule has 90 valence electrons. The molecule has 0 saturated heterocycles. The molecule has 1 aromatic carbocycles. The van der Waals surface area contributed by atoms with E-state index in [-0.39, 0.29) is 0 Å². The van der Waals surface area contributed by atoms with Crippen LogP contribution in [0.25, 0.3) is 0 Å². The van der Waals surface area contributed by atoms with E-state index >= 15 is 0 Å². The molecule has 4 nitrogen and oxygen atoms in total. The first-order chi connectivity index (χ1) is 8.19. The number of hydrogen-bond donors (Lipinski definition) is 2. The van der Waals surface area contributed by atoms with Crippen molar-refractivity contribution in [2.75, 3.05) is 5.73 Å². The van der Waals surface area contributed by atoms with E-state index in [0.29, 0.717) is 0 Å². The molecule has 0 spiro atoms. The third-order valence-corrected chi connectivity index (χ3v) is 3.91. The highest BCUT2D eigenvalue weighted by molar-refractivity contribution is 9.10. The zero-order valence-corrected chi connectivity index (χ0v) is 11.8. The number of nitrogens with two attached hydrogens (primary N) is 1. The molecule has 0 bridgehead atoms.